The number of fused-ring (bicyclic) bond motifs is 1. The minimum Gasteiger partial charge on any atom is -0.508 e. The molecule has 0 aliphatic heterocycles. The Morgan fingerprint density at radius 3 is 2.12 bits per heavy atom. The van der Waals surface area contributed by atoms with E-state index >= 15 is 0 Å². The fourth-order valence-electron chi connectivity index (χ4n) is 4.02. The van der Waals surface area contributed by atoms with Crippen molar-refractivity contribution in [2.45, 2.75) is 50.4 Å². The monoisotopic (exact) mass is 553 g/mol. The molecule has 1 heterocycles. The number of phenolic OH excluding ortho intramolecular Hbond substituents is 1. The number of para-hydroxylation sites is 1. The molecule has 4 unspecified atom stereocenters. The van der Waals surface area contributed by atoms with E-state index in [4.69, 9.17) is 10.8 Å². The average Bonchev–Trinajstić information content (AvgIpc) is 3.31. The van der Waals surface area contributed by atoms with Crippen LogP contribution >= 0.6 is 0 Å². The molecule has 3 rings (SSSR count). The molecule has 0 saturated carbocycles. The maximum Gasteiger partial charge on any atom is 0.325 e. The number of carbonyl (C=O) groups is 5. The number of rotatable bonds is 13. The minimum absolute atomic E-state index is 0.0264. The van der Waals surface area contributed by atoms with Gasteiger partial charge in [-0.3, -0.25) is 24.0 Å². The number of aromatic hydroxyl groups is 1. The number of hydrogen-bond acceptors (Lipinski definition) is 7. The summed E-state index contributed by atoms with van der Waals surface area (Å²) in [7, 11) is 0. The Morgan fingerprint density at radius 2 is 1.48 bits per heavy atom. The fraction of sp³-hybridized carbons (Fsp3) is 0.296. The number of hydrogen-bond donors (Lipinski definition) is 8. The van der Waals surface area contributed by atoms with E-state index in [1.165, 1.54) is 31.2 Å². The molecule has 13 nitrogen and oxygen atoms in total. The summed E-state index contributed by atoms with van der Waals surface area (Å²) < 4.78 is 0. The second kappa shape index (κ2) is 13.2. The first-order valence-corrected chi connectivity index (χ1v) is 12.4. The largest absolute Gasteiger partial charge is 0.508 e. The van der Waals surface area contributed by atoms with Crippen LogP contribution in [0.4, 0.5) is 0 Å². The zero-order valence-electron chi connectivity index (χ0n) is 21.6. The van der Waals surface area contributed by atoms with Gasteiger partial charge >= 0.3 is 11.9 Å². The predicted octanol–water partition coefficient (Wildman–Crippen LogP) is 0.0196. The normalized spacial score (nSPS) is 13.9. The average molecular weight is 554 g/mol. The van der Waals surface area contributed by atoms with Crippen molar-refractivity contribution in [3.63, 3.8) is 0 Å². The SMILES string of the molecule is CC(NC(=O)C(Cc1ccc(O)cc1)NC(=O)C(CC(=O)O)NC(=O)C(N)Cc1c[nH]c2ccccc12)C(=O)O. The van der Waals surface area contributed by atoms with Gasteiger partial charge in [-0.25, -0.2) is 0 Å². The maximum atomic E-state index is 13.1. The van der Waals surface area contributed by atoms with Crippen LogP contribution < -0.4 is 21.7 Å². The van der Waals surface area contributed by atoms with E-state index < -0.39 is 60.2 Å². The second-order valence-corrected chi connectivity index (χ2v) is 9.33. The molecular formula is C27H31N5O8. The van der Waals surface area contributed by atoms with Crippen molar-refractivity contribution in [1.82, 2.24) is 20.9 Å². The van der Waals surface area contributed by atoms with Gasteiger partial charge in [0.25, 0.3) is 0 Å². The third kappa shape index (κ3) is 8.04. The molecule has 0 radical (unpaired) electrons. The molecule has 0 aliphatic carbocycles. The summed E-state index contributed by atoms with van der Waals surface area (Å²) in [5.74, 6) is -5.30. The number of aromatic amines is 1. The Bertz CT molecular complexity index is 1390. The number of nitrogens with two attached hydrogens (primary N) is 1. The maximum absolute atomic E-state index is 13.1. The zero-order chi connectivity index (χ0) is 29.4. The van der Waals surface area contributed by atoms with Gasteiger partial charge in [0.2, 0.25) is 17.7 Å². The highest BCUT2D eigenvalue weighted by Crippen LogP contribution is 2.19. The number of amides is 3. The van der Waals surface area contributed by atoms with E-state index in [-0.39, 0.29) is 18.6 Å². The van der Waals surface area contributed by atoms with E-state index in [9.17, 15) is 34.2 Å². The molecule has 40 heavy (non-hydrogen) atoms. The van der Waals surface area contributed by atoms with Gasteiger partial charge in [0.15, 0.2) is 0 Å². The highest BCUT2D eigenvalue weighted by atomic mass is 16.4. The van der Waals surface area contributed by atoms with Gasteiger partial charge in [0.1, 0.15) is 23.9 Å². The Morgan fingerprint density at radius 1 is 0.850 bits per heavy atom. The number of carbonyl (C=O) groups excluding carboxylic acids is 3. The third-order valence-electron chi connectivity index (χ3n) is 6.20. The quantitative estimate of drug-likeness (QED) is 0.143. The van der Waals surface area contributed by atoms with E-state index in [1.807, 2.05) is 24.3 Å². The lowest BCUT2D eigenvalue weighted by Gasteiger charge is -2.24. The number of carboxylic acids is 2. The van der Waals surface area contributed by atoms with Crippen LogP contribution in [-0.4, -0.2) is 74.1 Å². The van der Waals surface area contributed by atoms with E-state index in [0.717, 1.165) is 16.5 Å². The number of benzene rings is 2. The lowest BCUT2D eigenvalue weighted by molar-refractivity contribution is -0.143. The first-order chi connectivity index (χ1) is 18.9. The number of carboxylic acid groups (broad SMARTS) is 2. The van der Waals surface area contributed by atoms with Gasteiger partial charge in [-0.2, -0.15) is 0 Å². The van der Waals surface area contributed by atoms with Crippen molar-refractivity contribution >= 4 is 40.6 Å². The molecule has 13 heteroatoms. The van der Waals surface area contributed by atoms with Crippen LogP contribution in [0, 0.1) is 0 Å². The molecule has 0 fully saturated rings. The summed E-state index contributed by atoms with van der Waals surface area (Å²) in [5.41, 5.74) is 8.21. The van der Waals surface area contributed by atoms with Crippen LogP contribution in [0.15, 0.2) is 54.7 Å². The van der Waals surface area contributed by atoms with Crippen LogP contribution in [0.25, 0.3) is 10.9 Å². The minimum atomic E-state index is -1.58. The van der Waals surface area contributed by atoms with Crippen LogP contribution in [0.3, 0.4) is 0 Å². The molecule has 4 atom stereocenters. The van der Waals surface area contributed by atoms with Crippen molar-refractivity contribution in [2.75, 3.05) is 0 Å². The standard InChI is InChI=1S/C27H31N5O8/c1-14(27(39)40)30-25(37)21(10-15-6-8-17(33)9-7-15)32-26(38)22(12-23(34)35)31-24(36)19(28)11-16-13-29-20-5-3-2-4-18(16)20/h2-9,13-14,19,21-22,29,33H,10-12,28H2,1H3,(H,30,37)(H,31,36)(H,32,38)(H,34,35)(H,39,40). The number of phenols is 1. The van der Waals surface area contributed by atoms with Crippen molar-refractivity contribution < 1.29 is 39.3 Å². The fourth-order valence-corrected chi connectivity index (χ4v) is 4.02. The van der Waals surface area contributed by atoms with E-state index in [2.05, 4.69) is 20.9 Å². The first kappa shape index (κ1) is 29.6. The Balaban J connectivity index is 1.74. The Kier molecular flexibility index (Phi) is 9.81. The van der Waals surface area contributed by atoms with Gasteiger partial charge in [-0.05, 0) is 42.7 Å². The topological polar surface area (TPSA) is 224 Å². The molecule has 212 valence electrons. The van der Waals surface area contributed by atoms with Crippen molar-refractivity contribution in [3.05, 3.63) is 65.9 Å². The zero-order valence-corrected chi connectivity index (χ0v) is 21.6. The van der Waals surface area contributed by atoms with Crippen LogP contribution in [-0.2, 0) is 36.8 Å². The van der Waals surface area contributed by atoms with E-state index in [0.29, 0.717) is 5.56 Å². The highest BCUT2D eigenvalue weighted by molar-refractivity contribution is 5.96. The first-order valence-electron chi connectivity index (χ1n) is 12.4. The van der Waals surface area contributed by atoms with Crippen molar-refractivity contribution in [3.8, 4) is 5.75 Å². The molecule has 2 aromatic carbocycles. The number of aliphatic carboxylic acids is 2. The molecule has 0 aliphatic rings. The van der Waals surface area contributed by atoms with Crippen LogP contribution in [0.1, 0.15) is 24.5 Å². The lowest BCUT2D eigenvalue weighted by atomic mass is 10.0. The molecular weight excluding hydrogens is 522 g/mol. The smallest absolute Gasteiger partial charge is 0.325 e. The summed E-state index contributed by atoms with van der Waals surface area (Å²) in [6.45, 7) is 1.24. The molecule has 0 saturated heterocycles. The summed E-state index contributed by atoms with van der Waals surface area (Å²) >= 11 is 0. The van der Waals surface area contributed by atoms with Gasteiger partial charge in [-0.1, -0.05) is 30.3 Å². The van der Waals surface area contributed by atoms with Crippen LogP contribution in [0.2, 0.25) is 0 Å². The molecule has 9 N–H and O–H groups in total. The summed E-state index contributed by atoms with van der Waals surface area (Å²) in [4.78, 5) is 64.7. The molecule has 3 amide bonds. The van der Waals surface area contributed by atoms with Gasteiger partial charge < -0.3 is 42.0 Å². The Hall–Kier alpha value is -4.91. The predicted molar refractivity (Wildman–Crippen MR) is 143 cm³/mol. The molecule has 3 aromatic rings. The molecule has 0 spiro atoms. The lowest BCUT2D eigenvalue weighted by Crippen LogP contribution is -2.58. The van der Waals surface area contributed by atoms with Crippen molar-refractivity contribution in [2.24, 2.45) is 5.73 Å². The van der Waals surface area contributed by atoms with Gasteiger partial charge in [-0.15, -0.1) is 0 Å². The summed E-state index contributed by atoms with van der Waals surface area (Å²) in [6.07, 6.45) is 0.911. The number of aromatic nitrogens is 1. The summed E-state index contributed by atoms with van der Waals surface area (Å²) in [6, 6.07) is 7.85. The summed E-state index contributed by atoms with van der Waals surface area (Å²) in [5, 5.41) is 35.9. The second-order valence-electron chi connectivity index (χ2n) is 9.33. The Labute approximate surface area is 228 Å². The van der Waals surface area contributed by atoms with Gasteiger partial charge in [0.05, 0.1) is 12.5 Å². The third-order valence-corrected chi connectivity index (χ3v) is 6.20. The number of nitrogens with one attached hydrogen (secondary N) is 4. The van der Waals surface area contributed by atoms with E-state index in [1.54, 1.807) is 6.20 Å². The number of H-pyrrole nitrogens is 1. The van der Waals surface area contributed by atoms with Crippen LogP contribution in [0.5, 0.6) is 5.75 Å². The molecule has 0 bridgehead atoms. The molecule has 1 aromatic heterocycles. The van der Waals surface area contributed by atoms with Gasteiger partial charge in [0, 0.05) is 23.5 Å². The highest BCUT2D eigenvalue weighted by Gasteiger charge is 2.31. The van der Waals surface area contributed by atoms with Crippen molar-refractivity contribution in [1.29, 1.82) is 0 Å².